The van der Waals surface area contributed by atoms with E-state index in [1.54, 1.807) is 42.5 Å². The monoisotopic (exact) mass is 363 g/mol. The molecule has 0 saturated carbocycles. The summed E-state index contributed by atoms with van der Waals surface area (Å²) in [6.07, 6.45) is -0.241. The second-order valence-corrected chi connectivity index (χ2v) is 7.42. The van der Waals surface area contributed by atoms with E-state index in [4.69, 9.17) is 5.11 Å². The van der Waals surface area contributed by atoms with Crippen molar-refractivity contribution in [3.05, 3.63) is 65.7 Å². The summed E-state index contributed by atoms with van der Waals surface area (Å²) in [5, 5.41) is 18.5. The number of aliphatic hydroxyl groups is 1. The largest absolute Gasteiger partial charge is 0.481 e. The Bertz CT molecular complexity index is 788. The topological polar surface area (TPSA) is 104 Å². The lowest BCUT2D eigenvalue weighted by Gasteiger charge is -2.11. The molecule has 7 heteroatoms. The Morgan fingerprint density at radius 2 is 1.68 bits per heavy atom. The molecule has 0 bridgehead atoms. The van der Waals surface area contributed by atoms with Crippen LogP contribution in [-0.4, -0.2) is 31.1 Å². The van der Waals surface area contributed by atoms with Crippen molar-refractivity contribution >= 4 is 16.0 Å². The minimum atomic E-state index is -3.51. The van der Waals surface area contributed by atoms with E-state index in [1.165, 1.54) is 12.1 Å². The molecular formula is C18H21NO5S. The molecule has 6 nitrogen and oxygen atoms in total. The minimum Gasteiger partial charge on any atom is -0.481 e. The van der Waals surface area contributed by atoms with Crippen LogP contribution >= 0.6 is 0 Å². The number of hydrogen-bond donors (Lipinski definition) is 3. The minimum absolute atomic E-state index is 0.0931. The van der Waals surface area contributed by atoms with Gasteiger partial charge in [-0.25, -0.2) is 13.1 Å². The standard InChI is InChI=1S/C18H21NO5S/c20-17(10-11-18(21)22)15-8-6-14(7-9-15)12-13-19-25(23,24)16-4-2-1-3-5-16/h1-9,17,19-20H,10-13H2,(H,21,22). The molecule has 0 aliphatic carbocycles. The van der Waals surface area contributed by atoms with Crippen LogP contribution in [0.15, 0.2) is 59.5 Å². The summed E-state index contributed by atoms with van der Waals surface area (Å²) in [5.74, 6) is -0.943. The molecule has 1 unspecified atom stereocenters. The van der Waals surface area contributed by atoms with E-state index in [9.17, 15) is 18.3 Å². The van der Waals surface area contributed by atoms with E-state index in [-0.39, 0.29) is 24.3 Å². The Balaban J connectivity index is 1.86. The smallest absolute Gasteiger partial charge is 0.303 e. The Labute approximate surface area is 147 Å². The summed E-state index contributed by atoms with van der Waals surface area (Å²) in [7, 11) is -3.51. The van der Waals surface area contributed by atoms with Gasteiger partial charge in [-0.3, -0.25) is 4.79 Å². The molecule has 0 radical (unpaired) electrons. The van der Waals surface area contributed by atoms with Crippen molar-refractivity contribution in [2.45, 2.75) is 30.3 Å². The van der Waals surface area contributed by atoms with Crippen LogP contribution < -0.4 is 4.72 Å². The molecule has 0 aromatic heterocycles. The Morgan fingerprint density at radius 1 is 1.04 bits per heavy atom. The quantitative estimate of drug-likeness (QED) is 0.633. The number of nitrogens with one attached hydrogen (secondary N) is 1. The third kappa shape index (κ3) is 5.97. The average Bonchev–Trinajstić information content (AvgIpc) is 2.61. The van der Waals surface area contributed by atoms with Crippen LogP contribution in [0.4, 0.5) is 0 Å². The molecule has 0 aliphatic rings. The van der Waals surface area contributed by atoms with Gasteiger partial charge in [-0.2, -0.15) is 0 Å². The van der Waals surface area contributed by atoms with Crippen molar-refractivity contribution in [1.82, 2.24) is 4.72 Å². The molecule has 0 saturated heterocycles. The first-order chi connectivity index (χ1) is 11.9. The highest BCUT2D eigenvalue weighted by Crippen LogP contribution is 2.19. The summed E-state index contributed by atoms with van der Waals surface area (Å²) in [5.41, 5.74) is 1.57. The number of aliphatic carboxylic acids is 1. The van der Waals surface area contributed by atoms with Crippen LogP contribution in [0.3, 0.4) is 0 Å². The van der Waals surface area contributed by atoms with Gasteiger partial charge in [-0.1, -0.05) is 42.5 Å². The number of carboxylic acids is 1. The van der Waals surface area contributed by atoms with Gasteiger partial charge < -0.3 is 10.2 Å². The Hall–Kier alpha value is -2.22. The van der Waals surface area contributed by atoms with Crippen molar-refractivity contribution in [3.63, 3.8) is 0 Å². The van der Waals surface area contributed by atoms with Gasteiger partial charge in [0.1, 0.15) is 0 Å². The van der Waals surface area contributed by atoms with E-state index >= 15 is 0 Å². The predicted octanol–water partition coefficient (Wildman–Crippen LogP) is 2.11. The number of benzene rings is 2. The number of rotatable bonds is 9. The van der Waals surface area contributed by atoms with Gasteiger partial charge in [0.05, 0.1) is 11.0 Å². The SMILES string of the molecule is O=C(O)CCC(O)c1ccc(CCNS(=O)(=O)c2ccccc2)cc1. The van der Waals surface area contributed by atoms with E-state index in [0.717, 1.165) is 5.56 Å². The van der Waals surface area contributed by atoms with Crippen LogP contribution in [0, 0.1) is 0 Å². The molecule has 0 fully saturated rings. The number of carbonyl (C=O) groups is 1. The van der Waals surface area contributed by atoms with Crippen molar-refractivity contribution in [2.24, 2.45) is 0 Å². The van der Waals surface area contributed by atoms with Gasteiger partial charge >= 0.3 is 5.97 Å². The first-order valence-corrected chi connectivity index (χ1v) is 9.40. The van der Waals surface area contributed by atoms with Gasteiger partial charge in [0.2, 0.25) is 10.0 Å². The maximum Gasteiger partial charge on any atom is 0.303 e. The molecule has 25 heavy (non-hydrogen) atoms. The second-order valence-electron chi connectivity index (χ2n) is 5.65. The van der Waals surface area contributed by atoms with Gasteiger partial charge in [0, 0.05) is 13.0 Å². The highest BCUT2D eigenvalue weighted by atomic mass is 32.2. The van der Waals surface area contributed by atoms with E-state index in [2.05, 4.69) is 4.72 Å². The summed E-state index contributed by atoms with van der Waals surface area (Å²) in [4.78, 5) is 10.8. The van der Waals surface area contributed by atoms with Crippen molar-refractivity contribution in [1.29, 1.82) is 0 Å². The fraction of sp³-hybridized carbons (Fsp3) is 0.278. The van der Waals surface area contributed by atoms with Gasteiger partial charge in [-0.15, -0.1) is 0 Å². The summed E-state index contributed by atoms with van der Waals surface area (Å²) in [6.45, 7) is 0.262. The van der Waals surface area contributed by atoms with Crippen LogP contribution in [0.25, 0.3) is 0 Å². The lowest BCUT2D eigenvalue weighted by Crippen LogP contribution is -2.25. The van der Waals surface area contributed by atoms with Crippen molar-refractivity contribution in [3.8, 4) is 0 Å². The summed E-state index contributed by atoms with van der Waals surface area (Å²) in [6, 6.07) is 15.2. The average molecular weight is 363 g/mol. The zero-order valence-corrected chi connectivity index (χ0v) is 14.4. The molecule has 2 rings (SSSR count). The second kappa shape index (κ2) is 8.75. The lowest BCUT2D eigenvalue weighted by molar-refractivity contribution is -0.137. The van der Waals surface area contributed by atoms with Crippen molar-refractivity contribution in [2.75, 3.05) is 6.54 Å². The fourth-order valence-electron chi connectivity index (χ4n) is 2.35. The fourth-order valence-corrected chi connectivity index (χ4v) is 3.40. The van der Waals surface area contributed by atoms with Crippen LogP contribution in [0.2, 0.25) is 0 Å². The zero-order chi connectivity index (χ0) is 18.3. The van der Waals surface area contributed by atoms with Gasteiger partial charge in [0.25, 0.3) is 0 Å². The molecule has 0 aliphatic heterocycles. The van der Waals surface area contributed by atoms with Crippen LogP contribution in [-0.2, 0) is 21.2 Å². The van der Waals surface area contributed by atoms with Crippen LogP contribution in [0.5, 0.6) is 0 Å². The molecule has 0 spiro atoms. The lowest BCUT2D eigenvalue weighted by atomic mass is 10.0. The van der Waals surface area contributed by atoms with Gasteiger partial charge in [0.15, 0.2) is 0 Å². The molecule has 3 N–H and O–H groups in total. The molecule has 134 valence electrons. The third-order valence-corrected chi connectivity index (χ3v) is 5.23. The number of hydrogen-bond acceptors (Lipinski definition) is 4. The summed E-state index contributed by atoms with van der Waals surface area (Å²) >= 11 is 0. The molecule has 0 heterocycles. The zero-order valence-electron chi connectivity index (χ0n) is 13.6. The molecule has 0 amide bonds. The first-order valence-electron chi connectivity index (χ1n) is 7.92. The van der Waals surface area contributed by atoms with Crippen molar-refractivity contribution < 1.29 is 23.4 Å². The number of aliphatic hydroxyl groups excluding tert-OH is 1. The van der Waals surface area contributed by atoms with E-state index in [1.807, 2.05) is 0 Å². The Kier molecular flexibility index (Phi) is 6.69. The van der Waals surface area contributed by atoms with Crippen LogP contribution in [0.1, 0.15) is 30.1 Å². The predicted molar refractivity (Wildman–Crippen MR) is 93.6 cm³/mol. The van der Waals surface area contributed by atoms with E-state index in [0.29, 0.717) is 12.0 Å². The Morgan fingerprint density at radius 3 is 2.28 bits per heavy atom. The third-order valence-electron chi connectivity index (χ3n) is 3.76. The first kappa shape index (κ1) is 19.1. The molecule has 2 aromatic carbocycles. The maximum absolute atomic E-state index is 12.1. The maximum atomic E-state index is 12.1. The van der Waals surface area contributed by atoms with E-state index < -0.39 is 22.1 Å². The molecule has 2 aromatic rings. The van der Waals surface area contributed by atoms with Gasteiger partial charge in [-0.05, 0) is 36.1 Å². The summed E-state index contributed by atoms with van der Waals surface area (Å²) < 4.78 is 26.8. The molecular weight excluding hydrogens is 342 g/mol. The highest BCUT2D eigenvalue weighted by Gasteiger charge is 2.13. The number of carboxylic acid groups (broad SMARTS) is 1. The highest BCUT2D eigenvalue weighted by molar-refractivity contribution is 7.89. The normalized spacial score (nSPS) is 12.7. The number of sulfonamides is 1. The molecule has 1 atom stereocenters.